The Labute approximate surface area is 142 Å². The van der Waals surface area contributed by atoms with E-state index in [1.54, 1.807) is 0 Å². The van der Waals surface area contributed by atoms with E-state index in [1.807, 2.05) is 20.8 Å². The third-order valence-corrected chi connectivity index (χ3v) is 5.18. The van der Waals surface area contributed by atoms with Gasteiger partial charge in [0.15, 0.2) is 0 Å². The first kappa shape index (κ1) is 18.6. The Morgan fingerprint density at radius 1 is 1.26 bits per heavy atom. The van der Waals surface area contributed by atoms with Gasteiger partial charge in [-0.15, -0.1) is 0 Å². The van der Waals surface area contributed by atoms with Crippen molar-refractivity contribution in [3.63, 3.8) is 0 Å². The minimum absolute atomic E-state index is 0.303. The summed E-state index contributed by atoms with van der Waals surface area (Å²) in [6.07, 6.45) is 6.06. The summed E-state index contributed by atoms with van der Waals surface area (Å²) in [5.41, 5.74) is 0.0392. The van der Waals surface area contributed by atoms with Gasteiger partial charge in [-0.1, -0.05) is 20.8 Å². The van der Waals surface area contributed by atoms with Gasteiger partial charge < -0.3 is 15.4 Å². The lowest BCUT2D eigenvalue weighted by Crippen LogP contribution is -2.51. The second-order valence-corrected chi connectivity index (χ2v) is 9.48. The summed E-state index contributed by atoms with van der Waals surface area (Å²) < 4.78 is 5.35. The summed E-state index contributed by atoms with van der Waals surface area (Å²) >= 11 is 0. The van der Waals surface area contributed by atoms with Crippen LogP contribution in [0, 0.1) is 17.3 Å². The second kappa shape index (κ2) is 7.00. The van der Waals surface area contributed by atoms with Gasteiger partial charge in [0.05, 0.1) is 0 Å². The molecule has 0 spiro atoms. The average molecular weight is 325 g/mol. The number of nitrogens with one attached hydrogen (secondary N) is 2. The predicted molar refractivity (Wildman–Crippen MR) is 94.5 cm³/mol. The van der Waals surface area contributed by atoms with Crippen LogP contribution in [0.2, 0.25) is 0 Å². The summed E-state index contributed by atoms with van der Waals surface area (Å²) in [5.74, 6) is 1.41. The van der Waals surface area contributed by atoms with Gasteiger partial charge in [0.2, 0.25) is 0 Å². The first-order valence-corrected chi connectivity index (χ1v) is 9.29. The molecule has 0 aromatic heterocycles. The van der Waals surface area contributed by atoms with Gasteiger partial charge in [-0.3, -0.25) is 0 Å². The SMILES string of the molecule is CC1CC(C)(C)CCC1NC(CNC(=O)OC(C)(C)C)C1CC1. The van der Waals surface area contributed by atoms with Crippen LogP contribution < -0.4 is 10.6 Å². The summed E-state index contributed by atoms with van der Waals surface area (Å²) in [5, 5.41) is 6.81. The van der Waals surface area contributed by atoms with E-state index in [-0.39, 0.29) is 6.09 Å². The maximum atomic E-state index is 11.9. The zero-order chi connectivity index (χ0) is 17.3. The molecule has 0 radical (unpaired) electrons. The predicted octanol–water partition coefficient (Wildman–Crippen LogP) is 4.09. The molecule has 4 heteroatoms. The van der Waals surface area contributed by atoms with Crippen molar-refractivity contribution in [2.75, 3.05) is 6.54 Å². The molecule has 2 rings (SSSR count). The number of carbonyl (C=O) groups is 1. The van der Waals surface area contributed by atoms with Crippen LogP contribution in [-0.2, 0) is 4.74 Å². The van der Waals surface area contributed by atoms with E-state index in [9.17, 15) is 4.79 Å². The summed E-state index contributed by atoms with van der Waals surface area (Å²) in [6.45, 7) is 13.5. The standard InChI is InChI=1S/C19H36N2O2/c1-13-11-19(5,6)10-9-15(13)21-16(14-7-8-14)12-20-17(22)23-18(2,3)4/h13-16,21H,7-12H2,1-6H3,(H,20,22). The summed E-state index contributed by atoms with van der Waals surface area (Å²) in [4.78, 5) is 11.9. The Balaban J connectivity index is 1.82. The third-order valence-electron chi connectivity index (χ3n) is 5.18. The van der Waals surface area contributed by atoms with Crippen molar-refractivity contribution >= 4 is 6.09 Å². The molecule has 2 fully saturated rings. The lowest BCUT2D eigenvalue weighted by Gasteiger charge is -2.41. The third kappa shape index (κ3) is 6.33. The van der Waals surface area contributed by atoms with Crippen LogP contribution in [0.5, 0.6) is 0 Å². The minimum Gasteiger partial charge on any atom is -0.444 e. The quantitative estimate of drug-likeness (QED) is 0.800. The Hall–Kier alpha value is -0.770. The van der Waals surface area contributed by atoms with E-state index in [2.05, 4.69) is 31.4 Å². The monoisotopic (exact) mass is 324 g/mol. The molecule has 2 N–H and O–H groups in total. The number of hydrogen-bond donors (Lipinski definition) is 2. The van der Waals surface area contributed by atoms with Gasteiger partial charge in [-0.2, -0.15) is 0 Å². The van der Waals surface area contributed by atoms with Gasteiger partial charge in [0, 0.05) is 18.6 Å². The van der Waals surface area contributed by atoms with Crippen LogP contribution in [0.25, 0.3) is 0 Å². The van der Waals surface area contributed by atoms with Crippen molar-refractivity contribution < 1.29 is 9.53 Å². The number of amides is 1. The van der Waals surface area contributed by atoms with Crippen molar-refractivity contribution in [1.82, 2.24) is 10.6 Å². The largest absolute Gasteiger partial charge is 0.444 e. The van der Waals surface area contributed by atoms with Crippen molar-refractivity contribution in [3.8, 4) is 0 Å². The number of hydrogen-bond acceptors (Lipinski definition) is 3. The molecule has 23 heavy (non-hydrogen) atoms. The molecular weight excluding hydrogens is 288 g/mol. The van der Waals surface area contributed by atoms with E-state index < -0.39 is 5.60 Å². The van der Waals surface area contributed by atoms with Crippen LogP contribution in [-0.4, -0.2) is 30.3 Å². The Kier molecular flexibility index (Phi) is 5.65. The topological polar surface area (TPSA) is 50.4 Å². The minimum atomic E-state index is -0.434. The Morgan fingerprint density at radius 3 is 2.43 bits per heavy atom. The summed E-state index contributed by atoms with van der Waals surface area (Å²) in [6, 6.07) is 0.963. The molecule has 2 aliphatic rings. The first-order chi connectivity index (χ1) is 10.6. The molecule has 2 saturated carbocycles. The van der Waals surface area contributed by atoms with Crippen LogP contribution in [0.4, 0.5) is 4.79 Å². The van der Waals surface area contributed by atoms with Crippen LogP contribution in [0.15, 0.2) is 0 Å². The molecule has 3 atom stereocenters. The number of carbonyl (C=O) groups excluding carboxylic acids is 1. The molecule has 4 nitrogen and oxygen atoms in total. The van der Waals surface area contributed by atoms with Crippen molar-refractivity contribution in [2.24, 2.45) is 17.3 Å². The molecule has 0 saturated heterocycles. The highest BCUT2D eigenvalue weighted by Gasteiger charge is 2.37. The maximum absolute atomic E-state index is 11.9. The van der Waals surface area contributed by atoms with Gasteiger partial charge in [0.25, 0.3) is 0 Å². The molecule has 1 amide bonds. The van der Waals surface area contributed by atoms with E-state index in [4.69, 9.17) is 4.74 Å². The van der Waals surface area contributed by atoms with Crippen LogP contribution >= 0.6 is 0 Å². The lowest BCUT2D eigenvalue weighted by molar-refractivity contribution is 0.0517. The molecule has 0 aliphatic heterocycles. The molecule has 0 heterocycles. The molecule has 0 aromatic carbocycles. The van der Waals surface area contributed by atoms with Crippen LogP contribution in [0.1, 0.15) is 73.6 Å². The normalized spacial score (nSPS) is 29.0. The highest BCUT2D eigenvalue weighted by Crippen LogP contribution is 2.40. The van der Waals surface area contributed by atoms with Crippen molar-refractivity contribution in [2.45, 2.75) is 91.3 Å². The van der Waals surface area contributed by atoms with Gasteiger partial charge >= 0.3 is 6.09 Å². The van der Waals surface area contributed by atoms with Gasteiger partial charge in [0.1, 0.15) is 5.60 Å². The molecular formula is C19H36N2O2. The smallest absolute Gasteiger partial charge is 0.407 e. The highest BCUT2D eigenvalue weighted by atomic mass is 16.6. The average Bonchev–Trinajstić information content (AvgIpc) is 3.18. The van der Waals surface area contributed by atoms with Crippen molar-refractivity contribution in [1.29, 1.82) is 0 Å². The second-order valence-electron chi connectivity index (χ2n) is 9.48. The number of ether oxygens (including phenoxy) is 1. The fourth-order valence-corrected chi connectivity index (χ4v) is 3.84. The maximum Gasteiger partial charge on any atom is 0.407 e. The molecule has 134 valence electrons. The fraction of sp³-hybridized carbons (Fsp3) is 0.947. The summed E-state index contributed by atoms with van der Waals surface area (Å²) in [7, 11) is 0. The highest BCUT2D eigenvalue weighted by molar-refractivity contribution is 5.67. The first-order valence-electron chi connectivity index (χ1n) is 9.29. The zero-order valence-corrected chi connectivity index (χ0v) is 15.9. The zero-order valence-electron chi connectivity index (χ0n) is 15.9. The Morgan fingerprint density at radius 2 is 1.91 bits per heavy atom. The van der Waals surface area contributed by atoms with E-state index in [0.717, 1.165) is 0 Å². The van der Waals surface area contributed by atoms with E-state index in [1.165, 1.54) is 32.1 Å². The lowest BCUT2D eigenvalue weighted by atomic mass is 9.70. The number of rotatable bonds is 5. The molecule has 0 aromatic rings. The molecule has 2 aliphatic carbocycles. The van der Waals surface area contributed by atoms with Gasteiger partial charge in [-0.05, 0) is 70.1 Å². The molecule has 0 bridgehead atoms. The number of alkyl carbamates (subject to hydrolysis) is 1. The van der Waals surface area contributed by atoms with E-state index >= 15 is 0 Å². The van der Waals surface area contributed by atoms with Gasteiger partial charge in [-0.25, -0.2) is 4.79 Å². The molecule has 3 unspecified atom stereocenters. The van der Waals surface area contributed by atoms with E-state index in [0.29, 0.717) is 35.9 Å². The van der Waals surface area contributed by atoms with Crippen LogP contribution in [0.3, 0.4) is 0 Å². The fourth-order valence-electron chi connectivity index (χ4n) is 3.84. The Bertz CT molecular complexity index is 410. The van der Waals surface area contributed by atoms with Crippen molar-refractivity contribution in [3.05, 3.63) is 0 Å².